The second-order valence-corrected chi connectivity index (χ2v) is 4.27. The van der Waals surface area contributed by atoms with Crippen molar-refractivity contribution in [2.75, 3.05) is 14.1 Å². The molecule has 1 aromatic rings. The highest BCUT2D eigenvalue weighted by Gasteiger charge is 2.11. The first-order chi connectivity index (χ1) is 8.15. The zero-order valence-corrected chi connectivity index (χ0v) is 10.8. The molecular formula is C14H20N2O. The topological polar surface area (TPSA) is 33.2 Å². The van der Waals surface area contributed by atoms with Crippen molar-refractivity contribution in [1.29, 1.82) is 0 Å². The number of hydrogen-bond acceptors (Lipinski definition) is 3. The second kappa shape index (κ2) is 6.84. The minimum atomic E-state index is 0.188. The van der Waals surface area contributed by atoms with Crippen LogP contribution < -0.4 is 0 Å². The highest BCUT2D eigenvalue weighted by Crippen LogP contribution is 2.17. The monoisotopic (exact) mass is 232 g/mol. The summed E-state index contributed by atoms with van der Waals surface area (Å²) in [7, 11) is 3.84. The SMILES string of the molecule is CCCCC(=O)/C(=C/N(C)C)c1cccnc1. The van der Waals surface area contributed by atoms with Crippen LogP contribution in [0.2, 0.25) is 0 Å². The summed E-state index contributed by atoms with van der Waals surface area (Å²) in [5.41, 5.74) is 1.64. The van der Waals surface area contributed by atoms with Crippen LogP contribution in [-0.2, 0) is 4.79 Å². The molecule has 92 valence electrons. The molecule has 0 saturated carbocycles. The standard InChI is InChI=1S/C14H20N2O/c1-4-5-8-14(17)13(11-16(2)3)12-7-6-9-15-10-12/h6-7,9-11H,4-5,8H2,1-3H3/b13-11+. The van der Waals surface area contributed by atoms with Crippen LogP contribution in [-0.4, -0.2) is 29.8 Å². The van der Waals surface area contributed by atoms with Crippen LogP contribution in [0.15, 0.2) is 30.7 Å². The van der Waals surface area contributed by atoms with E-state index in [9.17, 15) is 4.79 Å². The molecule has 0 bridgehead atoms. The summed E-state index contributed by atoms with van der Waals surface area (Å²) in [5, 5.41) is 0. The number of rotatable bonds is 6. The molecule has 0 aliphatic heterocycles. The van der Waals surface area contributed by atoms with Crippen molar-refractivity contribution in [2.45, 2.75) is 26.2 Å². The van der Waals surface area contributed by atoms with E-state index in [1.165, 1.54) is 0 Å². The molecule has 0 unspecified atom stereocenters. The van der Waals surface area contributed by atoms with E-state index in [0.29, 0.717) is 6.42 Å². The average Bonchev–Trinajstić information content (AvgIpc) is 2.34. The Morgan fingerprint density at radius 3 is 2.76 bits per heavy atom. The van der Waals surface area contributed by atoms with Gasteiger partial charge in [0.15, 0.2) is 5.78 Å². The van der Waals surface area contributed by atoms with Crippen LogP contribution in [0.4, 0.5) is 0 Å². The molecule has 17 heavy (non-hydrogen) atoms. The maximum atomic E-state index is 12.1. The van der Waals surface area contributed by atoms with Gasteiger partial charge in [0, 0.05) is 50.2 Å². The molecule has 0 N–H and O–H groups in total. The van der Waals surface area contributed by atoms with Gasteiger partial charge in [0.05, 0.1) is 0 Å². The zero-order chi connectivity index (χ0) is 12.7. The van der Waals surface area contributed by atoms with E-state index in [1.807, 2.05) is 37.3 Å². The molecule has 0 fully saturated rings. The number of allylic oxidation sites excluding steroid dienone is 1. The number of carbonyl (C=O) groups excluding carboxylic acids is 1. The van der Waals surface area contributed by atoms with Gasteiger partial charge in [-0.15, -0.1) is 0 Å². The predicted molar refractivity (Wildman–Crippen MR) is 70.4 cm³/mol. The molecule has 1 aromatic heterocycles. The van der Waals surface area contributed by atoms with E-state index in [1.54, 1.807) is 12.4 Å². The Bertz CT molecular complexity index is 382. The van der Waals surface area contributed by atoms with Gasteiger partial charge in [0.2, 0.25) is 0 Å². The van der Waals surface area contributed by atoms with Gasteiger partial charge in [-0.3, -0.25) is 9.78 Å². The molecule has 1 heterocycles. The fourth-order valence-corrected chi connectivity index (χ4v) is 1.56. The molecule has 0 aromatic carbocycles. The normalized spacial score (nSPS) is 11.4. The minimum Gasteiger partial charge on any atom is -0.383 e. The van der Waals surface area contributed by atoms with Crippen molar-refractivity contribution in [3.05, 3.63) is 36.3 Å². The molecule has 0 aliphatic rings. The van der Waals surface area contributed by atoms with Crippen LogP contribution in [0.3, 0.4) is 0 Å². The minimum absolute atomic E-state index is 0.188. The van der Waals surface area contributed by atoms with Crippen molar-refractivity contribution < 1.29 is 4.79 Å². The number of carbonyl (C=O) groups is 1. The lowest BCUT2D eigenvalue weighted by molar-refractivity contribution is -0.113. The molecule has 0 atom stereocenters. The quantitative estimate of drug-likeness (QED) is 0.707. The molecule has 0 amide bonds. The second-order valence-electron chi connectivity index (χ2n) is 4.27. The van der Waals surface area contributed by atoms with E-state index in [0.717, 1.165) is 24.0 Å². The fourth-order valence-electron chi connectivity index (χ4n) is 1.56. The lowest BCUT2D eigenvalue weighted by Gasteiger charge is -2.11. The van der Waals surface area contributed by atoms with E-state index < -0.39 is 0 Å². The summed E-state index contributed by atoms with van der Waals surface area (Å²) >= 11 is 0. The van der Waals surface area contributed by atoms with E-state index in [2.05, 4.69) is 11.9 Å². The Balaban J connectivity index is 2.93. The third kappa shape index (κ3) is 4.39. The van der Waals surface area contributed by atoms with Crippen LogP contribution in [0.25, 0.3) is 5.57 Å². The Kier molecular flexibility index (Phi) is 5.40. The van der Waals surface area contributed by atoms with Crippen LogP contribution in [0.1, 0.15) is 31.7 Å². The lowest BCUT2D eigenvalue weighted by Crippen LogP contribution is -2.09. The van der Waals surface area contributed by atoms with Gasteiger partial charge in [-0.05, 0) is 12.5 Å². The summed E-state index contributed by atoms with van der Waals surface area (Å²) in [4.78, 5) is 18.1. The van der Waals surface area contributed by atoms with Gasteiger partial charge in [0.25, 0.3) is 0 Å². The summed E-state index contributed by atoms with van der Waals surface area (Å²) in [6.45, 7) is 2.09. The smallest absolute Gasteiger partial charge is 0.164 e. The van der Waals surface area contributed by atoms with E-state index in [-0.39, 0.29) is 5.78 Å². The molecule has 0 aliphatic carbocycles. The number of pyridine rings is 1. The molecule has 3 heteroatoms. The van der Waals surface area contributed by atoms with Crippen LogP contribution >= 0.6 is 0 Å². The highest BCUT2D eigenvalue weighted by atomic mass is 16.1. The first-order valence-corrected chi connectivity index (χ1v) is 5.97. The zero-order valence-electron chi connectivity index (χ0n) is 10.8. The largest absolute Gasteiger partial charge is 0.383 e. The van der Waals surface area contributed by atoms with Crippen LogP contribution in [0, 0.1) is 0 Å². The van der Waals surface area contributed by atoms with Crippen molar-refractivity contribution in [1.82, 2.24) is 9.88 Å². The Morgan fingerprint density at radius 1 is 1.47 bits per heavy atom. The first kappa shape index (κ1) is 13.4. The molecule has 3 nitrogen and oxygen atoms in total. The van der Waals surface area contributed by atoms with Gasteiger partial charge in [-0.25, -0.2) is 0 Å². The Morgan fingerprint density at radius 2 is 2.24 bits per heavy atom. The van der Waals surface area contributed by atoms with Gasteiger partial charge < -0.3 is 4.90 Å². The van der Waals surface area contributed by atoms with Gasteiger partial charge in [0.1, 0.15) is 0 Å². The number of hydrogen-bond donors (Lipinski definition) is 0. The average molecular weight is 232 g/mol. The van der Waals surface area contributed by atoms with Gasteiger partial charge in [-0.1, -0.05) is 19.4 Å². The highest BCUT2D eigenvalue weighted by molar-refractivity contribution is 6.20. The molecule has 0 radical (unpaired) electrons. The number of nitrogens with zero attached hydrogens (tertiary/aromatic N) is 2. The van der Waals surface area contributed by atoms with E-state index >= 15 is 0 Å². The predicted octanol–water partition coefficient (Wildman–Crippen LogP) is 2.74. The van der Waals surface area contributed by atoms with E-state index in [4.69, 9.17) is 0 Å². The van der Waals surface area contributed by atoms with Gasteiger partial charge in [-0.2, -0.15) is 0 Å². The Hall–Kier alpha value is -1.64. The number of aromatic nitrogens is 1. The summed E-state index contributed by atoms with van der Waals surface area (Å²) < 4.78 is 0. The van der Waals surface area contributed by atoms with Crippen LogP contribution in [0.5, 0.6) is 0 Å². The molecule has 0 saturated heterocycles. The first-order valence-electron chi connectivity index (χ1n) is 5.97. The number of unbranched alkanes of at least 4 members (excludes halogenated alkanes) is 1. The van der Waals surface area contributed by atoms with Crippen molar-refractivity contribution >= 4 is 11.4 Å². The molecular weight excluding hydrogens is 212 g/mol. The maximum Gasteiger partial charge on any atom is 0.164 e. The third-order valence-electron chi connectivity index (χ3n) is 2.42. The summed E-state index contributed by atoms with van der Waals surface area (Å²) in [5.74, 6) is 0.188. The molecule has 1 rings (SSSR count). The third-order valence-corrected chi connectivity index (χ3v) is 2.42. The summed E-state index contributed by atoms with van der Waals surface area (Å²) in [6, 6.07) is 3.78. The number of ketones is 1. The maximum absolute atomic E-state index is 12.1. The summed E-state index contributed by atoms with van der Waals surface area (Å²) in [6.07, 6.45) is 7.89. The van der Waals surface area contributed by atoms with Gasteiger partial charge >= 0.3 is 0 Å². The van der Waals surface area contributed by atoms with Crippen molar-refractivity contribution in [3.63, 3.8) is 0 Å². The number of Topliss-reactive ketones (excluding diaryl/α,β-unsaturated/α-hetero) is 1. The Labute approximate surface area is 103 Å². The molecule has 0 spiro atoms. The van der Waals surface area contributed by atoms with Crippen molar-refractivity contribution in [3.8, 4) is 0 Å². The fraction of sp³-hybridized carbons (Fsp3) is 0.429. The van der Waals surface area contributed by atoms with Crippen molar-refractivity contribution in [2.24, 2.45) is 0 Å². The lowest BCUT2D eigenvalue weighted by atomic mass is 10.0.